The molecule has 9 rings (SSSR count). The van der Waals surface area contributed by atoms with Gasteiger partial charge in [-0.1, -0.05) is 103 Å². The van der Waals surface area contributed by atoms with E-state index in [1.807, 2.05) is 103 Å². The lowest BCUT2D eigenvalue weighted by Crippen LogP contribution is -2.25. The zero-order valence-electron chi connectivity index (χ0n) is 26.7. The minimum atomic E-state index is -3.25. The van der Waals surface area contributed by atoms with Crippen molar-refractivity contribution in [2.24, 2.45) is 0 Å². The van der Waals surface area contributed by atoms with Crippen LogP contribution in [0.1, 0.15) is 5.56 Å². The van der Waals surface area contributed by atoms with Gasteiger partial charge >= 0.3 is 0 Å². The molecule has 0 radical (unpaired) electrons. The largest absolute Gasteiger partial charge is 0.309 e. The van der Waals surface area contributed by atoms with E-state index in [1.54, 1.807) is 6.20 Å². The van der Waals surface area contributed by atoms with Crippen LogP contribution in [0.4, 0.5) is 0 Å². The van der Waals surface area contributed by atoms with Crippen molar-refractivity contribution in [2.45, 2.75) is 6.92 Å². The first-order valence-electron chi connectivity index (χ1n) is 16.2. The summed E-state index contributed by atoms with van der Waals surface area (Å²) in [6.07, 6.45) is 3.60. The van der Waals surface area contributed by atoms with Crippen molar-refractivity contribution in [1.82, 2.24) is 19.9 Å². The fraction of sp³-hybridized carbons (Fsp3) is 0.0233. The van der Waals surface area contributed by atoms with Crippen molar-refractivity contribution in [2.75, 3.05) is 0 Å². The monoisotopic (exact) mass is 648 g/mol. The molecule has 4 heterocycles. The summed E-state index contributed by atoms with van der Waals surface area (Å²) in [7, 11) is -3.25. The van der Waals surface area contributed by atoms with E-state index in [4.69, 9.17) is 15.0 Å². The molecule has 49 heavy (non-hydrogen) atoms. The molecule has 0 aliphatic heterocycles. The van der Waals surface area contributed by atoms with Crippen LogP contribution in [0.5, 0.6) is 0 Å². The maximum Gasteiger partial charge on any atom is 0.171 e. The van der Waals surface area contributed by atoms with Gasteiger partial charge in [-0.3, -0.25) is 9.97 Å². The average Bonchev–Trinajstić information content (AvgIpc) is 3.18. The standard InChI is InChI=1S/C43H29N4OP/c1-28-25-31-19-21-37(46-40(31)42-35(28)17-9-23-44-42)29-11-8-12-30(26-29)38-22-20-32-27-39(36-18-10-24-45-43(36)41(32)47-38)49(48,33-13-4-2-5-14-33)34-15-6-3-7-16-34/h2-27H,1H3. The third-order valence-corrected chi connectivity index (χ3v) is 12.4. The van der Waals surface area contributed by atoms with Crippen LogP contribution < -0.4 is 15.9 Å². The Morgan fingerprint density at radius 2 is 1.00 bits per heavy atom. The molecule has 0 bridgehead atoms. The van der Waals surface area contributed by atoms with Crippen LogP contribution in [0.15, 0.2) is 158 Å². The van der Waals surface area contributed by atoms with Gasteiger partial charge in [0.2, 0.25) is 0 Å². The van der Waals surface area contributed by atoms with Crippen molar-refractivity contribution >= 4 is 66.7 Å². The molecule has 4 aromatic heterocycles. The highest BCUT2D eigenvalue weighted by Gasteiger charge is 2.32. The number of pyridine rings is 4. The summed E-state index contributed by atoms with van der Waals surface area (Å²) in [5.74, 6) is 0. The number of rotatable bonds is 5. The second-order valence-corrected chi connectivity index (χ2v) is 15.0. The molecule has 6 heteroatoms. The summed E-state index contributed by atoms with van der Waals surface area (Å²) in [6.45, 7) is 2.11. The Morgan fingerprint density at radius 3 is 1.59 bits per heavy atom. The van der Waals surface area contributed by atoms with E-state index >= 15 is 4.57 Å². The molecule has 5 aromatic carbocycles. The number of hydrogen-bond acceptors (Lipinski definition) is 5. The van der Waals surface area contributed by atoms with Gasteiger partial charge in [-0.25, -0.2) is 9.97 Å². The fourth-order valence-corrected chi connectivity index (χ4v) is 9.80. The lowest BCUT2D eigenvalue weighted by atomic mass is 10.0. The highest BCUT2D eigenvalue weighted by molar-refractivity contribution is 7.85. The lowest BCUT2D eigenvalue weighted by molar-refractivity contribution is 0.592. The van der Waals surface area contributed by atoms with Crippen LogP contribution in [0.3, 0.4) is 0 Å². The van der Waals surface area contributed by atoms with Crippen LogP contribution in [-0.2, 0) is 4.57 Å². The van der Waals surface area contributed by atoms with Crippen LogP contribution in [0.25, 0.3) is 66.1 Å². The molecule has 0 fully saturated rings. The zero-order valence-corrected chi connectivity index (χ0v) is 27.5. The van der Waals surface area contributed by atoms with Crippen molar-refractivity contribution in [3.63, 3.8) is 0 Å². The maximum absolute atomic E-state index is 15.4. The molecule has 0 saturated carbocycles. The van der Waals surface area contributed by atoms with E-state index in [1.165, 1.54) is 5.56 Å². The normalized spacial score (nSPS) is 11.9. The zero-order chi connectivity index (χ0) is 33.0. The van der Waals surface area contributed by atoms with E-state index in [-0.39, 0.29) is 0 Å². The van der Waals surface area contributed by atoms with Gasteiger partial charge in [0.15, 0.2) is 7.14 Å². The second kappa shape index (κ2) is 11.6. The Morgan fingerprint density at radius 1 is 0.469 bits per heavy atom. The van der Waals surface area contributed by atoms with Crippen LogP contribution in [-0.4, -0.2) is 19.9 Å². The van der Waals surface area contributed by atoms with Gasteiger partial charge in [-0.15, -0.1) is 0 Å². The predicted octanol–water partition coefficient (Wildman–Crippen LogP) is 9.16. The van der Waals surface area contributed by atoms with Crippen LogP contribution in [0, 0.1) is 6.92 Å². The summed E-state index contributed by atoms with van der Waals surface area (Å²) >= 11 is 0. The van der Waals surface area contributed by atoms with Gasteiger partial charge in [0, 0.05) is 61.0 Å². The van der Waals surface area contributed by atoms with Crippen molar-refractivity contribution in [3.8, 4) is 22.5 Å². The van der Waals surface area contributed by atoms with E-state index in [0.717, 1.165) is 82.0 Å². The van der Waals surface area contributed by atoms with Gasteiger partial charge < -0.3 is 4.57 Å². The third-order valence-electron chi connectivity index (χ3n) is 9.31. The molecule has 0 amide bonds. The molecule has 5 nitrogen and oxygen atoms in total. The van der Waals surface area contributed by atoms with Crippen molar-refractivity contribution < 1.29 is 4.57 Å². The van der Waals surface area contributed by atoms with Gasteiger partial charge in [-0.05, 0) is 55.0 Å². The molecule has 0 saturated heterocycles. The summed E-state index contributed by atoms with van der Waals surface area (Å²) < 4.78 is 15.4. The molecular weight excluding hydrogens is 619 g/mol. The summed E-state index contributed by atoms with van der Waals surface area (Å²) in [5.41, 5.74) is 8.16. The molecule has 232 valence electrons. The first-order chi connectivity index (χ1) is 24.1. The number of benzene rings is 5. The van der Waals surface area contributed by atoms with Crippen LogP contribution >= 0.6 is 7.14 Å². The molecule has 0 spiro atoms. The second-order valence-electron chi connectivity index (χ2n) is 12.3. The quantitative estimate of drug-likeness (QED) is 0.138. The first kappa shape index (κ1) is 29.1. The Balaban J connectivity index is 1.19. The minimum Gasteiger partial charge on any atom is -0.309 e. The summed E-state index contributed by atoms with van der Waals surface area (Å²) in [6, 6.07) is 48.3. The molecule has 0 aliphatic carbocycles. The average molecular weight is 649 g/mol. The number of nitrogens with zero attached hydrogens (tertiary/aromatic N) is 4. The van der Waals surface area contributed by atoms with Crippen molar-refractivity contribution in [3.05, 3.63) is 164 Å². The van der Waals surface area contributed by atoms with E-state index in [0.29, 0.717) is 0 Å². The Hall–Kier alpha value is -6.03. The minimum absolute atomic E-state index is 0.728. The molecule has 0 N–H and O–H groups in total. The molecule has 0 unspecified atom stereocenters. The lowest BCUT2D eigenvalue weighted by Gasteiger charge is -2.22. The fourth-order valence-electron chi connectivity index (χ4n) is 6.92. The molecule has 0 aliphatic rings. The van der Waals surface area contributed by atoms with E-state index in [9.17, 15) is 0 Å². The third kappa shape index (κ3) is 4.82. The highest BCUT2D eigenvalue weighted by atomic mass is 31.2. The van der Waals surface area contributed by atoms with E-state index < -0.39 is 7.14 Å². The summed E-state index contributed by atoms with van der Waals surface area (Å²) in [5, 5.41) is 6.24. The van der Waals surface area contributed by atoms with Crippen molar-refractivity contribution in [1.29, 1.82) is 0 Å². The van der Waals surface area contributed by atoms with Gasteiger partial charge in [0.05, 0.1) is 33.5 Å². The predicted molar refractivity (Wildman–Crippen MR) is 203 cm³/mol. The molecule has 9 aromatic rings. The van der Waals surface area contributed by atoms with Gasteiger partial charge in [0.1, 0.15) is 0 Å². The van der Waals surface area contributed by atoms with Crippen LogP contribution in [0.2, 0.25) is 0 Å². The Bertz CT molecular complexity index is 2720. The summed E-state index contributed by atoms with van der Waals surface area (Å²) in [4.78, 5) is 19.8. The maximum atomic E-state index is 15.4. The molecule has 0 atom stereocenters. The van der Waals surface area contributed by atoms with Gasteiger partial charge in [-0.2, -0.15) is 0 Å². The van der Waals surface area contributed by atoms with Gasteiger partial charge in [0.25, 0.3) is 0 Å². The Kier molecular flexibility index (Phi) is 6.89. The first-order valence-corrected chi connectivity index (χ1v) is 17.9. The molecular formula is C43H29N4OP. The number of fused-ring (bicyclic) bond motifs is 6. The Labute approximate surface area is 283 Å². The number of aryl methyl sites for hydroxylation is 1. The smallest absolute Gasteiger partial charge is 0.171 e. The SMILES string of the molecule is Cc1cc2ccc(-c3cccc(-c4ccc5cc(P(=O)(c6ccccc6)c6ccccc6)c6cccnc6c5n4)c3)nc2c2ncccc12. The van der Waals surface area contributed by atoms with E-state index in [2.05, 4.69) is 60.4 Å². The number of hydrogen-bond donors (Lipinski definition) is 0. The highest BCUT2D eigenvalue weighted by Crippen LogP contribution is 2.45. The number of aromatic nitrogens is 4. The topological polar surface area (TPSA) is 68.6 Å².